The maximum absolute atomic E-state index is 13.2. The molecule has 39 heavy (non-hydrogen) atoms. The summed E-state index contributed by atoms with van der Waals surface area (Å²) in [6, 6.07) is 20.1. The lowest BCUT2D eigenvalue weighted by Gasteiger charge is -2.34. The van der Waals surface area contributed by atoms with E-state index in [1.165, 1.54) is 26.7 Å². The SMILES string of the molecule is Cc1cccc2sc(N3CCN(CCNC(=O)c4ccc(S(=O)(=O)N5CCc6ccccc65)cc4)CC3)nc12. The number of aryl methyl sites for hydroxylation is 1. The molecule has 3 heterocycles. The number of anilines is 2. The van der Waals surface area contributed by atoms with Crippen LogP contribution in [-0.4, -0.2) is 70.0 Å². The Hall–Kier alpha value is -3.47. The first kappa shape index (κ1) is 25.8. The van der Waals surface area contributed by atoms with Gasteiger partial charge in [-0.1, -0.05) is 41.7 Å². The molecule has 6 rings (SSSR count). The standard InChI is InChI=1S/C29H31N5O3S2/c1-21-5-4-8-26-27(21)31-29(38-26)33-19-17-32(18-20-33)16-14-30-28(35)23-9-11-24(12-10-23)39(36,37)34-15-13-22-6-2-3-7-25(22)34/h2-12H,13-20H2,1H3,(H,30,35). The number of benzene rings is 3. The number of hydrogen-bond acceptors (Lipinski definition) is 7. The molecule has 8 nitrogen and oxygen atoms in total. The Morgan fingerprint density at radius 1 is 0.949 bits per heavy atom. The van der Waals surface area contributed by atoms with E-state index >= 15 is 0 Å². The molecule has 1 amide bonds. The van der Waals surface area contributed by atoms with Crippen LogP contribution in [0.5, 0.6) is 0 Å². The summed E-state index contributed by atoms with van der Waals surface area (Å²) in [6.07, 6.45) is 0.701. The van der Waals surface area contributed by atoms with E-state index in [0.717, 1.165) is 54.6 Å². The maximum Gasteiger partial charge on any atom is 0.264 e. The van der Waals surface area contributed by atoms with E-state index in [4.69, 9.17) is 4.98 Å². The quantitative estimate of drug-likeness (QED) is 0.368. The van der Waals surface area contributed by atoms with Crippen LogP contribution in [0.25, 0.3) is 10.2 Å². The van der Waals surface area contributed by atoms with Crippen molar-refractivity contribution in [2.24, 2.45) is 0 Å². The summed E-state index contributed by atoms with van der Waals surface area (Å²) in [4.78, 5) is 22.5. The molecule has 202 valence electrons. The number of nitrogens with zero attached hydrogens (tertiary/aromatic N) is 4. The van der Waals surface area contributed by atoms with E-state index in [9.17, 15) is 13.2 Å². The van der Waals surface area contributed by atoms with E-state index in [-0.39, 0.29) is 10.8 Å². The number of nitrogens with one attached hydrogen (secondary N) is 1. The highest BCUT2D eigenvalue weighted by Crippen LogP contribution is 2.33. The molecule has 2 aliphatic heterocycles. The zero-order valence-corrected chi connectivity index (χ0v) is 23.5. The lowest BCUT2D eigenvalue weighted by atomic mass is 10.2. The van der Waals surface area contributed by atoms with Gasteiger partial charge >= 0.3 is 0 Å². The van der Waals surface area contributed by atoms with Gasteiger partial charge in [0.2, 0.25) is 0 Å². The minimum atomic E-state index is -3.67. The van der Waals surface area contributed by atoms with Gasteiger partial charge in [0.25, 0.3) is 15.9 Å². The number of rotatable bonds is 7. The van der Waals surface area contributed by atoms with Crippen molar-refractivity contribution in [3.63, 3.8) is 0 Å². The predicted octanol–water partition coefficient (Wildman–Crippen LogP) is 3.91. The van der Waals surface area contributed by atoms with Crippen LogP contribution in [0.15, 0.2) is 71.6 Å². The molecule has 1 saturated heterocycles. The van der Waals surface area contributed by atoms with E-state index in [2.05, 4.69) is 40.2 Å². The lowest BCUT2D eigenvalue weighted by molar-refractivity contribution is 0.0947. The van der Waals surface area contributed by atoms with Crippen LogP contribution < -0.4 is 14.5 Å². The van der Waals surface area contributed by atoms with Crippen LogP contribution in [0.2, 0.25) is 0 Å². The summed E-state index contributed by atoms with van der Waals surface area (Å²) in [5.74, 6) is -0.200. The second-order valence-corrected chi connectivity index (χ2v) is 12.9. The number of thiazole rings is 1. The third-order valence-electron chi connectivity index (χ3n) is 7.51. The molecular formula is C29H31N5O3S2. The summed E-state index contributed by atoms with van der Waals surface area (Å²) in [6.45, 7) is 7.46. The molecule has 1 aromatic heterocycles. The molecule has 0 saturated carbocycles. The maximum atomic E-state index is 13.2. The number of fused-ring (bicyclic) bond motifs is 2. The van der Waals surface area contributed by atoms with Crippen molar-refractivity contribution in [2.75, 3.05) is 55.0 Å². The molecule has 0 atom stereocenters. The molecule has 2 aliphatic rings. The van der Waals surface area contributed by atoms with Crippen molar-refractivity contribution in [3.8, 4) is 0 Å². The fourth-order valence-electron chi connectivity index (χ4n) is 5.27. The molecule has 0 radical (unpaired) electrons. The third-order valence-corrected chi connectivity index (χ3v) is 10.4. The monoisotopic (exact) mass is 561 g/mol. The minimum Gasteiger partial charge on any atom is -0.351 e. The number of para-hydroxylation sites is 2. The smallest absolute Gasteiger partial charge is 0.264 e. The molecule has 1 N–H and O–H groups in total. The van der Waals surface area contributed by atoms with Crippen LogP contribution in [-0.2, 0) is 16.4 Å². The fraction of sp³-hybridized carbons (Fsp3) is 0.310. The van der Waals surface area contributed by atoms with Crippen molar-refractivity contribution < 1.29 is 13.2 Å². The number of aromatic nitrogens is 1. The van der Waals surface area contributed by atoms with Gasteiger partial charge in [0.1, 0.15) is 0 Å². The van der Waals surface area contributed by atoms with Gasteiger partial charge < -0.3 is 10.2 Å². The zero-order chi connectivity index (χ0) is 27.0. The number of sulfonamides is 1. The number of carbonyl (C=O) groups excluding carboxylic acids is 1. The summed E-state index contributed by atoms with van der Waals surface area (Å²) >= 11 is 1.74. The normalized spacial score (nSPS) is 16.0. The molecule has 10 heteroatoms. The van der Waals surface area contributed by atoms with Crippen molar-refractivity contribution in [2.45, 2.75) is 18.2 Å². The molecule has 0 unspecified atom stereocenters. The van der Waals surface area contributed by atoms with Gasteiger partial charge in [-0.25, -0.2) is 13.4 Å². The van der Waals surface area contributed by atoms with Gasteiger partial charge in [0, 0.05) is 51.4 Å². The van der Waals surface area contributed by atoms with Gasteiger partial charge in [-0.15, -0.1) is 0 Å². The van der Waals surface area contributed by atoms with Gasteiger partial charge in [-0.3, -0.25) is 14.0 Å². The Balaban J connectivity index is 0.994. The Morgan fingerprint density at radius 2 is 1.72 bits per heavy atom. The van der Waals surface area contributed by atoms with Gasteiger partial charge in [0.15, 0.2) is 5.13 Å². The highest BCUT2D eigenvalue weighted by atomic mass is 32.2. The highest BCUT2D eigenvalue weighted by molar-refractivity contribution is 7.92. The first-order valence-corrected chi connectivity index (χ1v) is 15.5. The number of carbonyl (C=O) groups is 1. The van der Waals surface area contributed by atoms with Crippen molar-refractivity contribution in [1.82, 2.24) is 15.2 Å². The van der Waals surface area contributed by atoms with Gasteiger partial charge in [-0.05, 0) is 60.9 Å². The molecule has 3 aromatic carbocycles. The Kier molecular flexibility index (Phi) is 7.01. The summed E-state index contributed by atoms with van der Waals surface area (Å²) in [5.41, 5.74) is 4.51. The minimum absolute atomic E-state index is 0.192. The first-order chi connectivity index (χ1) is 18.9. The largest absolute Gasteiger partial charge is 0.351 e. The second kappa shape index (κ2) is 10.6. The Labute approximate surface area is 232 Å². The van der Waals surface area contributed by atoms with Crippen LogP contribution in [0, 0.1) is 6.92 Å². The summed E-state index contributed by atoms with van der Waals surface area (Å²) in [7, 11) is -3.67. The van der Waals surface area contributed by atoms with Gasteiger partial charge in [0.05, 0.1) is 20.8 Å². The third kappa shape index (κ3) is 5.11. The molecule has 0 bridgehead atoms. The number of piperazine rings is 1. The van der Waals surface area contributed by atoms with Crippen LogP contribution in [0.1, 0.15) is 21.5 Å². The fourth-order valence-corrected chi connectivity index (χ4v) is 7.86. The van der Waals surface area contributed by atoms with E-state index in [0.29, 0.717) is 25.1 Å². The first-order valence-electron chi connectivity index (χ1n) is 13.2. The zero-order valence-electron chi connectivity index (χ0n) is 21.8. The van der Waals surface area contributed by atoms with E-state index < -0.39 is 10.0 Å². The predicted molar refractivity (Wildman–Crippen MR) is 156 cm³/mol. The molecular weight excluding hydrogens is 530 g/mol. The van der Waals surface area contributed by atoms with E-state index in [1.54, 1.807) is 23.5 Å². The number of hydrogen-bond donors (Lipinski definition) is 1. The number of amides is 1. The van der Waals surface area contributed by atoms with Crippen molar-refractivity contribution >= 4 is 48.3 Å². The van der Waals surface area contributed by atoms with Crippen LogP contribution in [0.4, 0.5) is 10.8 Å². The lowest BCUT2D eigenvalue weighted by Crippen LogP contribution is -2.48. The van der Waals surface area contributed by atoms with Crippen LogP contribution >= 0.6 is 11.3 Å². The Morgan fingerprint density at radius 3 is 2.49 bits per heavy atom. The van der Waals surface area contributed by atoms with Gasteiger partial charge in [-0.2, -0.15) is 0 Å². The van der Waals surface area contributed by atoms with Crippen LogP contribution in [0.3, 0.4) is 0 Å². The highest BCUT2D eigenvalue weighted by Gasteiger charge is 2.30. The summed E-state index contributed by atoms with van der Waals surface area (Å²) < 4.78 is 29.1. The van der Waals surface area contributed by atoms with E-state index in [1.807, 2.05) is 24.3 Å². The molecule has 4 aromatic rings. The summed E-state index contributed by atoms with van der Waals surface area (Å²) in [5, 5.41) is 4.05. The van der Waals surface area contributed by atoms with Crippen molar-refractivity contribution in [3.05, 3.63) is 83.4 Å². The van der Waals surface area contributed by atoms with Crippen molar-refractivity contribution in [1.29, 1.82) is 0 Å². The second-order valence-electron chi connectivity index (χ2n) is 9.98. The average Bonchev–Trinajstić information content (AvgIpc) is 3.59. The molecule has 1 fully saturated rings. The Bertz CT molecular complexity index is 1610. The molecule has 0 spiro atoms. The molecule has 0 aliphatic carbocycles. The average molecular weight is 562 g/mol. The topological polar surface area (TPSA) is 85.8 Å².